The van der Waals surface area contributed by atoms with Gasteiger partial charge in [0.05, 0.1) is 16.7 Å². The Kier molecular flexibility index (Phi) is 7.90. The van der Waals surface area contributed by atoms with Crippen LogP contribution in [0, 0.1) is 23.7 Å². The summed E-state index contributed by atoms with van der Waals surface area (Å²) < 4.78 is 2.53. The number of aromatic nitrogens is 1. The van der Waals surface area contributed by atoms with Gasteiger partial charge >= 0.3 is 0 Å². The zero-order valence-corrected chi connectivity index (χ0v) is 35.9. The molecule has 2 nitrogen and oxygen atoms in total. The highest BCUT2D eigenvalue weighted by atomic mass is 15.1. The lowest BCUT2D eigenvalue weighted by molar-refractivity contribution is -0.0399. The summed E-state index contributed by atoms with van der Waals surface area (Å²) in [5.41, 5.74) is 18.4. The molecular weight excluding hydrogens is 773 g/mol. The van der Waals surface area contributed by atoms with Crippen LogP contribution >= 0.6 is 0 Å². The summed E-state index contributed by atoms with van der Waals surface area (Å²) in [5, 5.41) is 5.12. The van der Waals surface area contributed by atoms with Crippen molar-refractivity contribution in [1.82, 2.24) is 4.57 Å². The van der Waals surface area contributed by atoms with Crippen LogP contribution in [0.15, 0.2) is 206 Å². The molecule has 0 aliphatic heterocycles. The maximum absolute atomic E-state index is 2.64. The highest BCUT2D eigenvalue weighted by Gasteiger charge is 2.61. The van der Waals surface area contributed by atoms with Crippen LogP contribution in [0.1, 0.15) is 43.2 Å². The smallest absolute Gasteiger partial charge is 0.0541 e. The Morgan fingerprint density at radius 2 is 1.02 bits per heavy atom. The Hall–Kier alpha value is -7.16. The van der Waals surface area contributed by atoms with Gasteiger partial charge in [-0.3, -0.25) is 0 Å². The van der Waals surface area contributed by atoms with Crippen LogP contribution in [0.5, 0.6) is 0 Å². The van der Waals surface area contributed by atoms with E-state index in [0.29, 0.717) is 11.8 Å². The third-order valence-corrected chi connectivity index (χ3v) is 16.1. The lowest BCUT2D eigenvalue weighted by atomic mass is 9.43. The number of hydrogen-bond donors (Lipinski definition) is 0. The molecule has 0 saturated heterocycles. The fraction of sp³-hybridized carbons (Fsp3) is 0.161. The van der Waals surface area contributed by atoms with Gasteiger partial charge in [-0.25, -0.2) is 0 Å². The first-order valence-corrected chi connectivity index (χ1v) is 23.5. The van der Waals surface area contributed by atoms with Crippen LogP contribution in [0.2, 0.25) is 0 Å². The maximum Gasteiger partial charge on any atom is 0.0541 e. The molecule has 0 N–H and O–H groups in total. The van der Waals surface area contributed by atoms with Gasteiger partial charge in [0, 0.05) is 38.8 Å². The number of benzene rings is 9. The minimum atomic E-state index is 0.0712. The van der Waals surface area contributed by atoms with Crippen LogP contribution in [-0.2, 0) is 5.41 Å². The Morgan fingerprint density at radius 3 is 1.77 bits per heavy atom. The van der Waals surface area contributed by atoms with E-state index in [9.17, 15) is 0 Å². The molecule has 4 fully saturated rings. The van der Waals surface area contributed by atoms with Gasteiger partial charge in [0.1, 0.15) is 0 Å². The summed E-state index contributed by atoms with van der Waals surface area (Å²) in [6.07, 6.45) is 6.94. The molecule has 9 aromatic carbocycles. The van der Waals surface area contributed by atoms with Gasteiger partial charge in [-0.05, 0) is 166 Å². The minimum absolute atomic E-state index is 0.0712. The van der Waals surface area contributed by atoms with Crippen molar-refractivity contribution in [2.24, 2.45) is 23.7 Å². The van der Waals surface area contributed by atoms with Gasteiger partial charge in [0.15, 0.2) is 0 Å². The van der Waals surface area contributed by atoms with E-state index in [1.807, 2.05) is 0 Å². The number of para-hydroxylation sites is 3. The normalized spacial score (nSPS) is 21.5. The third kappa shape index (κ3) is 5.26. The van der Waals surface area contributed by atoms with Gasteiger partial charge in [-0.15, -0.1) is 0 Å². The number of fused-ring (bicyclic) bond motifs is 7. The van der Waals surface area contributed by atoms with Crippen molar-refractivity contribution in [2.75, 3.05) is 4.90 Å². The van der Waals surface area contributed by atoms with Crippen molar-refractivity contribution in [3.63, 3.8) is 0 Å². The molecule has 64 heavy (non-hydrogen) atoms. The molecule has 5 aliphatic rings. The maximum atomic E-state index is 2.64. The van der Waals surface area contributed by atoms with E-state index >= 15 is 0 Å². The van der Waals surface area contributed by atoms with E-state index in [0.717, 1.165) is 28.9 Å². The molecule has 1 spiro atoms. The summed E-state index contributed by atoms with van der Waals surface area (Å²) in [5.74, 6) is 3.19. The SMILES string of the molecule is c1ccc(-c2ccccc2N(c2ccc(-c3ccc4c(c3)-c3ccc(-n5c6ccccc6c6ccccc65)cc3C43C4CC5CC(C4)CC3C5)cc2)c2ccc3ccccc3c2)cc1. The molecule has 0 atom stereocenters. The van der Waals surface area contributed by atoms with E-state index < -0.39 is 0 Å². The third-order valence-electron chi connectivity index (χ3n) is 16.1. The van der Waals surface area contributed by atoms with Crippen molar-refractivity contribution in [2.45, 2.75) is 37.5 Å². The van der Waals surface area contributed by atoms with Crippen molar-refractivity contribution >= 4 is 49.6 Å². The molecule has 4 bridgehead atoms. The fourth-order valence-electron chi connectivity index (χ4n) is 13.8. The van der Waals surface area contributed by atoms with Crippen molar-refractivity contribution in [3.8, 4) is 39.1 Å². The molecule has 10 aromatic rings. The Balaban J connectivity index is 0.903. The molecule has 0 radical (unpaired) electrons. The van der Waals surface area contributed by atoms with Crippen LogP contribution < -0.4 is 4.90 Å². The summed E-state index contributed by atoms with van der Waals surface area (Å²) in [6.45, 7) is 0. The standard InChI is InChI=1S/C62H48N2/c1-2-13-44(14-3-1)52-16-6-9-19-59(52)63(50-28-24-42-12-4-5-15-45(42)37-50)49-26-22-43(23-27-49)46-25-31-57-56(38-46)53-30-29-51(64-60-20-10-7-17-54(60)55-18-8-11-21-61(55)64)39-58(53)62(57)47-33-40-32-41(35-47)36-48(62)34-40/h1-31,37-41,47-48H,32-36H2. The zero-order chi connectivity index (χ0) is 41.9. The van der Waals surface area contributed by atoms with Crippen LogP contribution in [-0.4, -0.2) is 4.57 Å². The van der Waals surface area contributed by atoms with Crippen LogP contribution in [0.25, 0.3) is 71.6 Å². The largest absolute Gasteiger partial charge is 0.310 e. The molecule has 5 aliphatic carbocycles. The fourth-order valence-corrected chi connectivity index (χ4v) is 13.8. The average Bonchev–Trinajstić information content (AvgIpc) is 3.84. The van der Waals surface area contributed by atoms with Crippen molar-refractivity contribution in [3.05, 3.63) is 217 Å². The summed E-state index contributed by atoms with van der Waals surface area (Å²) in [7, 11) is 0. The quantitative estimate of drug-likeness (QED) is 0.162. The lowest BCUT2D eigenvalue weighted by Crippen LogP contribution is -2.55. The van der Waals surface area contributed by atoms with Crippen LogP contribution in [0.3, 0.4) is 0 Å². The molecule has 2 heteroatoms. The van der Waals surface area contributed by atoms with E-state index in [1.54, 1.807) is 11.1 Å². The first kappa shape index (κ1) is 36.3. The van der Waals surface area contributed by atoms with Gasteiger partial charge < -0.3 is 9.47 Å². The average molecular weight is 821 g/mol. The van der Waals surface area contributed by atoms with Gasteiger partial charge in [-0.1, -0.05) is 146 Å². The summed E-state index contributed by atoms with van der Waals surface area (Å²) in [4.78, 5) is 2.43. The molecule has 306 valence electrons. The first-order chi connectivity index (χ1) is 31.7. The predicted molar refractivity (Wildman–Crippen MR) is 267 cm³/mol. The Labute approximate surface area is 375 Å². The second-order valence-electron chi connectivity index (χ2n) is 19.3. The highest BCUT2D eigenvalue weighted by Crippen LogP contribution is 2.69. The number of anilines is 3. The second kappa shape index (κ2) is 13.9. The highest BCUT2D eigenvalue weighted by molar-refractivity contribution is 6.09. The first-order valence-electron chi connectivity index (χ1n) is 23.5. The van der Waals surface area contributed by atoms with E-state index in [2.05, 4.69) is 216 Å². The summed E-state index contributed by atoms with van der Waals surface area (Å²) in [6, 6.07) is 77.5. The van der Waals surface area contributed by atoms with E-state index in [-0.39, 0.29) is 5.41 Å². The van der Waals surface area contributed by atoms with Crippen LogP contribution in [0.4, 0.5) is 17.1 Å². The lowest BCUT2D eigenvalue weighted by Gasteiger charge is -2.61. The number of hydrogen-bond acceptors (Lipinski definition) is 1. The molecule has 1 aromatic heterocycles. The van der Waals surface area contributed by atoms with Gasteiger partial charge in [0.25, 0.3) is 0 Å². The monoisotopic (exact) mass is 820 g/mol. The molecule has 15 rings (SSSR count). The Bertz CT molecular complexity index is 3380. The molecule has 0 amide bonds. The number of nitrogens with zero attached hydrogens (tertiary/aromatic N) is 2. The van der Waals surface area contributed by atoms with Crippen molar-refractivity contribution < 1.29 is 0 Å². The molecular formula is C62H48N2. The van der Waals surface area contributed by atoms with Crippen molar-refractivity contribution in [1.29, 1.82) is 0 Å². The van der Waals surface area contributed by atoms with Gasteiger partial charge in [0.2, 0.25) is 0 Å². The minimum Gasteiger partial charge on any atom is -0.310 e. The molecule has 1 heterocycles. The topological polar surface area (TPSA) is 8.17 Å². The van der Waals surface area contributed by atoms with E-state index in [4.69, 9.17) is 0 Å². The van der Waals surface area contributed by atoms with Gasteiger partial charge in [-0.2, -0.15) is 0 Å². The Morgan fingerprint density at radius 1 is 0.391 bits per heavy atom. The summed E-state index contributed by atoms with van der Waals surface area (Å²) >= 11 is 0. The number of rotatable bonds is 6. The zero-order valence-electron chi connectivity index (χ0n) is 35.9. The second-order valence-corrected chi connectivity index (χ2v) is 19.3. The molecule has 4 saturated carbocycles. The predicted octanol–water partition coefficient (Wildman–Crippen LogP) is 16.5. The molecule has 0 unspecified atom stereocenters. The van der Waals surface area contributed by atoms with E-state index in [1.165, 1.54) is 104 Å².